The number of benzene rings is 3. The third-order valence-corrected chi connectivity index (χ3v) is 5.99. The third-order valence-electron chi connectivity index (χ3n) is 5.99. The van der Waals surface area contributed by atoms with Gasteiger partial charge in [-0.3, -0.25) is 10.1 Å². The van der Waals surface area contributed by atoms with Gasteiger partial charge in [0, 0.05) is 34.3 Å². The molecule has 0 fully saturated rings. The van der Waals surface area contributed by atoms with Crippen molar-refractivity contribution < 1.29 is 9.66 Å². The second kappa shape index (κ2) is 10.5. The van der Waals surface area contributed by atoms with Crippen LogP contribution in [0.1, 0.15) is 22.4 Å². The van der Waals surface area contributed by atoms with Gasteiger partial charge in [0.2, 0.25) is 0 Å². The summed E-state index contributed by atoms with van der Waals surface area (Å²) in [7, 11) is 0. The highest BCUT2D eigenvalue weighted by Crippen LogP contribution is 2.30. The van der Waals surface area contributed by atoms with E-state index in [2.05, 4.69) is 23.3 Å². The minimum Gasteiger partial charge on any atom is -0.491 e. The van der Waals surface area contributed by atoms with Gasteiger partial charge in [-0.2, -0.15) is 5.26 Å². The molecule has 0 unspecified atom stereocenters. The SMILES string of the molecule is C=CCc1ccccc1OCCn1c(C)c(/C=C(\C#N)c2ccc([N+](=O)[O-])cc2)c2ccccc21. The van der Waals surface area contributed by atoms with Crippen molar-refractivity contribution in [2.45, 2.75) is 19.9 Å². The molecule has 1 aromatic heterocycles. The number of hydrogen-bond donors (Lipinski definition) is 0. The van der Waals surface area contributed by atoms with Crippen molar-refractivity contribution in [1.82, 2.24) is 4.57 Å². The molecule has 0 saturated heterocycles. The van der Waals surface area contributed by atoms with E-state index in [9.17, 15) is 15.4 Å². The molecule has 0 amide bonds. The number of hydrogen-bond acceptors (Lipinski definition) is 4. The number of allylic oxidation sites excluding steroid dienone is 2. The number of fused-ring (bicyclic) bond motifs is 1. The van der Waals surface area contributed by atoms with Crippen LogP contribution in [0.25, 0.3) is 22.6 Å². The number of para-hydroxylation sites is 2. The zero-order valence-corrected chi connectivity index (χ0v) is 19.5. The lowest BCUT2D eigenvalue weighted by Crippen LogP contribution is -2.10. The third kappa shape index (κ3) is 4.99. The Morgan fingerprint density at radius 1 is 1.11 bits per heavy atom. The summed E-state index contributed by atoms with van der Waals surface area (Å²) in [4.78, 5) is 10.5. The van der Waals surface area contributed by atoms with Gasteiger partial charge in [-0.25, -0.2) is 0 Å². The second-order valence-corrected chi connectivity index (χ2v) is 8.09. The molecule has 0 bridgehead atoms. The normalized spacial score (nSPS) is 11.3. The molecule has 0 N–H and O–H groups in total. The Morgan fingerprint density at radius 2 is 1.83 bits per heavy atom. The summed E-state index contributed by atoms with van der Waals surface area (Å²) in [5, 5.41) is 21.8. The molecule has 4 aromatic rings. The molecule has 0 radical (unpaired) electrons. The highest BCUT2D eigenvalue weighted by atomic mass is 16.6. The Labute approximate surface area is 204 Å². The van der Waals surface area contributed by atoms with E-state index in [1.807, 2.05) is 61.5 Å². The van der Waals surface area contributed by atoms with E-state index in [4.69, 9.17) is 4.74 Å². The van der Waals surface area contributed by atoms with Crippen molar-refractivity contribution >= 4 is 28.2 Å². The molecule has 1 heterocycles. The summed E-state index contributed by atoms with van der Waals surface area (Å²) >= 11 is 0. The number of ether oxygens (including phenoxy) is 1. The molecule has 6 heteroatoms. The van der Waals surface area contributed by atoms with E-state index in [1.165, 1.54) is 12.1 Å². The van der Waals surface area contributed by atoms with Gasteiger partial charge in [0.25, 0.3) is 5.69 Å². The van der Waals surface area contributed by atoms with Gasteiger partial charge >= 0.3 is 0 Å². The Bertz CT molecular complexity index is 1460. The highest BCUT2D eigenvalue weighted by Gasteiger charge is 2.15. The Balaban J connectivity index is 1.65. The molecule has 3 aromatic carbocycles. The van der Waals surface area contributed by atoms with Crippen LogP contribution < -0.4 is 4.74 Å². The van der Waals surface area contributed by atoms with Gasteiger partial charge in [0.1, 0.15) is 12.4 Å². The molecule has 0 spiro atoms. The molecule has 174 valence electrons. The molecule has 35 heavy (non-hydrogen) atoms. The van der Waals surface area contributed by atoms with Crippen molar-refractivity contribution in [1.29, 1.82) is 5.26 Å². The molecule has 4 rings (SSSR count). The predicted octanol–water partition coefficient (Wildman–Crippen LogP) is 6.73. The molecular formula is C29H25N3O3. The summed E-state index contributed by atoms with van der Waals surface area (Å²) in [6.07, 6.45) is 4.47. The van der Waals surface area contributed by atoms with Gasteiger partial charge < -0.3 is 9.30 Å². The van der Waals surface area contributed by atoms with E-state index in [0.29, 0.717) is 24.3 Å². The summed E-state index contributed by atoms with van der Waals surface area (Å²) in [5.41, 5.74) is 5.19. The topological polar surface area (TPSA) is 81.1 Å². The highest BCUT2D eigenvalue weighted by molar-refractivity contribution is 5.99. The van der Waals surface area contributed by atoms with Crippen molar-refractivity contribution in [3.8, 4) is 11.8 Å². The van der Waals surface area contributed by atoms with Crippen molar-refractivity contribution in [2.24, 2.45) is 0 Å². The van der Waals surface area contributed by atoms with E-state index in [1.54, 1.807) is 12.1 Å². The van der Waals surface area contributed by atoms with Crippen LogP contribution in [0.5, 0.6) is 5.75 Å². The first-order chi connectivity index (χ1) is 17.0. The van der Waals surface area contributed by atoms with E-state index in [-0.39, 0.29) is 5.69 Å². The smallest absolute Gasteiger partial charge is 0.269 e. The summed E-state index contributed by atoms with van der Waals surface area (Å²) in [6, 6.07) is 24.3. The Hall–Kier alpha value is -4.63. The number of rotatable bonds is 9. The fourth-order valence-corrected chi connectivity index (χ4v) is 4.23. The molecule has 0 aliphatic heterocycles. The van der Waals surface area contributed by atoms with Crippen LogP contribution in [-0.2, 0) is 13.0 Å². The minimum atomic E-state index is -0.449. The fourth-order valence-electron chi connectivity index (χ4n) is 4.23. The van der Waals surface area contributed by atoms with Crippen LogP contribution in [0.2, 0.25) is 0 Å². The molecular weight excluding hydrogens is 438 g/mol. The van der Waals surface area contributed by atoms with E-state index < -0.39 is 4.92 Å². The number of aromatic nitrogens is 1. The van der Waals surface area contributed by atoms with Gasteiger partial charge in [-0.15, -0.1) is 6.58 Å². The van der Waals surface area contributed by atoms with Crippen LogP contribution in [0.3, 0.4) is 0 Å². The van der Waals surface area contributed by atoms with Gasteiger partial charge in [0.05, 0.1) is 23.1 Å². The average Bonchev–Trinajstić information content (AvgIpc) is 3.14. The number of nitro benzene ring substituents is 1. The number of nitrogens with zero attached hydrogens (tertiary/aromatic N) is 3. The maximum atomic E-state index is 11.0. The Kier molecular flexibility index (Phi) is 7.08. The summed E-state index contributed by atoms with van der Waals surface area (Å²) < 4.78 is 8.31. The average molecular weight is 464 g/mol. The lowest BCUT2D eigenvalue weighted by molar-refractivity contribution is -0.384. The molecule has 6 nitrogen and oxygen atoms in total. The van der Waals surface area contributed by atoms with Gasteiger partial charge in [0.15, 0.2) is 0 Å². The van der Waals surface area contributed by atoms with Crippen molar-refractivity contribution in [2.75, 3.05) is 6.61 Å². The van der Waals surface area contributed by atoms with Crippen LogP contribution in [0.15, 0.2) is 85.5 Å². The minimum absolute atomic E-state index is 0.00603. The van der Waals surface area contributed by atoms with E-state index >= 15 is 0 Å². The Morgan fingerprint density at radius 3 is 2.54 bits per heavy atom. The number of non-ortho nitro benzene ring substituents is 1. The maximum absolute atomic E-state index is 11.0. The number of nitro groups is 1. The lowest BCUT2D eigenvalue weighted by atomic mass is 10.0. The molecule has 0 aliphatic rings. The van der Waals surface area contributed by atoms with Crippen LogP contribution in [0.4, 0.5) is 5.69 Å². The first kappa shape index (κ1) is 23.5. The van der Waals surface area contributed by atoms with Crippen molar-refractivity contribution in [3.05, 3.63) is 118 Å². The lowest BCUT2D eigenvalue weighted by Gasteiger charge is -2.13. The maximum Gasteiger partial charge on any atom is 0.269 e. The first-order valence-electron chi connectivity index (χ1n) is 11.3. The molecule has 0 atom stereocenters. The summed E-state index contributed by atoms with van der Waals surface area (Å²) in [5.74, 6) is 0.853. The molecule has 0 aliphatic carbocycles. The monoisotopic (exact) mass is 463 g/mol. The van der Waals surface area contributed by atoms with Crippen LogP contribution in [0, 0.1) is 28.4 Å². The standard InChI is InChI=1S/C29H25N3O3/c1-3-8-23-9-4-7-12-29(23)35-18-17-31-21(2)27(26-10-5-6-11-28(26)31)19-24(20-30)22-13-15-25(16-14-22)32(33)34/h3-7,9-16,19H,1,8,17-18H2,2H3/b24-19+. The summed E-state index contributed by atoms with van der Waals surface area (Å²) in [6.45, 7) is 6.98. The van der Waals surface area contributed by atoms with Gasteiger partial charge in [-0.05, 0) is 54.8 Å². The van der Waals surface area contributed by atoms with Crippen LogP contribution in [-0.4, -0.2) is 16.1 Å². The predicted molar refractivity (Wildman–Crippen MR) is 139 cm³/mol. The second-order valence-electron chi connectivity index (χ2n) is 8.09. The molecule has 0 saturated carbocycles. The zero-order valence-electron chi connectivity index (χ0n) is 19.5. The van der Waals surface area contributed by atoms with E-state index in [0.717, 1.165) is 39.9 Å². The van der Waals surface area contributed by atoms with Crippen LogP contribution >= 0.6 is 0 Å². The fraction of sp³-hybridized carbons (Fsp3) is 0.138. The van der Waals surface area contributed by atoms with Crippen molar-refractivity contribution in [3.63, 3.8) is 0 Å². The van der Waals surface area contributed by atoms with Gasteiger partial charge in [-0.1, -0.05) is 42.5 Å². The quantitative estimate of drug-likeness (QED) is 0.119. The number of nitriles is 1. The first-order valence-corrected chi connectivity index (χ1v) is 11.3. The largest absolute Gasteiger partial charge is 0.491 e. The zero-order chi connectivity index (χ0) is 24.8.